The highest BCUT2D eigenvalue weighted by Gasteiger charge is 2.17. The van der Waals surface area contributed by atoms with Crippen LogP contribution in [-0.4, -0.2) is 18.0 Å². The molecule has 0 aliphatic rings. The number of benzene rings is 1. The zero-order valence-corrected chi connectivity index (χ0v) is 11.2. The first-order valence-corrected chi connectivity index (χ1v) is 6.07. The normalized spacial score (nSPS) is 12.2. The molecule has 1 amide bonds. The number of nitrogens with one attached hydrogen (secondary N) is 1. The average Bonchev–Trinajstić information content (AvgIpc) is 2.40. The molecule has 0 radical (unpaired) electrons. The molecule has 0 heterocycles. The molecule has 0 bridgehead atoms. The van der Waals surface area contributed by atoms with Gasteiger partial charge >= 0.3 is 5.97 Å². The highest BCUT2D eigenvalue weighted by molar-refractivity contribution is 5.95. The summed E-state index contributed by atoms with van der Waals surface area (Å²) in [5.41, 5.74) is 0.0842. The fourth-order valence-corrected chi connectivity index (χ4v) is 1.30. The minimum atomic E-state index is -1.07. The Labute approximate surface area is 115 Å². The van der Waals surface area contributed by atoms with Crippen molar-refractivity contribution in [3.63, 3.8) is 0 Å². The van der Waals surface area contributed by atoms with Gasteiger partial charge in [0, 0.05) is 17.8 Å². The van der Waals surface area contributed by atoms with E-state index in [1.807, 2.05) is 6.92 Å². The maximum absolute atomic E-state index is 13.0. The first-order chi connectivity index (χ1) is 9.43. The zero-order valence-electron chi connectivity index (χ0n) is 11.2. The predicted molar refractivity (Wildman–Crippen MR) is 70.0 cm³/mol. The largest absolute Gasteiger partial charge is 0.449 e. The third-order valence-electron chi connectivity index (χ3n) is 2.34. The number of ether oxygens (including phenoxy) is 1. The minimum absolute atomic E-state index is 0.0842. The van der Waals surface area contributed by atoms with Crippen molar-refractivity contribution < 1.29 is 23.1 Å². The van der Waals surface area contributed by atoms with Gasteiger partial charge in [-0.1, -0.05) is 13.0 Å². The quantitative estimate of drug-likeness (QED) is 0.668. The van der Waals surface area contributed by atoms with Crippen molar-refractivity contribution >= 4 is 17.6 Å². The summed E-state index contributed by atoms with van der Waals surface area (Å²) in [5, 5.41) is 2.32. The number of hydrogen-bond acceptors (Lipinski definition) is 3. The summed E-state index contributed by atoms with van der Waals surface area (Å²) in [6.07, 6.45) is 2.45. The monoisotopic (exact) mass is 283 g/mol. The first-order valence-electron chi connectivity index (χ1n) is 6.07. The Kier molecular flexibility index (Phi) is 5.83. The number of halogens is 2. The van der Waals surface area contributed by atoms with Crippen molar-refractivity contribution in [1.82, 2.24) is 0 Å². The molecule has 108 valence electrons. The van der Waals surface area contributed by atoms with Crippen LogP contribution in [0.5, 0.6) is 0 Å². The lowest BCUT2D eigenvalue weighted by Gasteiger charge is -2.12. The molecule has 1 N–H and O–H groups in total. The predicted octanol–water partition coefficient (Wildman–Crippen LogP) is 2.80. The summed E-state index contributed by atoms with van der Waals surface area (Å²) >= 11 is 0. The maximum Gasteiger partial charge on any atom is 0.331 e. The minimum Gasteiger partial charge on any atom is -0.449 e. The highest BCUT2D eigenvalue weighted by atomic mass is 19.2. The third kappa shape index (κ3) is 4.79. The molecule has 1 aromatic carbocycles. The molecule has 1 atom stereocenters. The fraction of sp³-hybridized carbons (Fsp3) is 0.286. The summed E-state index contributed by atoms with van der Waals surface area (Å²) in [5.74, 6) is -3.35. The molecule has 0 aliphatic carbocycles. The molecule has 20 heavy (non-hydrogen) atoms. The van der Waals surface area contributed by atoms with E-state index < -0.39 is 29.6 Å². The van der Waals surface area contributed by atoms with E-state index >= 15 is 0 Å². The van der Waals surface area contributed by atoms with Crippen LogP contribution in [0.4, 0.5) is 14.5 Å². The van der Waals surface area contributed by atoms with Crippen molar-refractivity contribution in [2.45, 2.75) is 26.4 Å². The van der Waals surface area contributed by atoms with E-state index in [4.69, 9.17) is 4.74 Å². The van der Waals surface area contributed by atoms with E-state index in [0.29, 0.717) is 6.42 Å². The van der Waals surface area contributed by atoms with Gasteiger partial charge in [0.05, 0.1) is 0 Å². The first kappa shape index (κ1) is 15.8. The Morgan fingerprint density at radius 1 is 1.35 bits per heavy atom. The van der Waals surface area contributed by atoms with E-state index in [1.165, 1.54) is 19.1 Å². The van der Waals surface area contributed by atoms with Gasteiger partial charge in [0.2, 0.25) is 0 Å². The summed E-state index contributed by atoms with van der Waals surface area (Å²) in [6, 6.07) is 2.95. The summed E-state index contributed by atoms with van der Waals surface area (Å²) < 4.78 is 30.5. The van der Waals surface area contributed by atoms with Gasteiger partial charge in [-0.2, -0.15) is 0 Å². The molecule has 0 saturated heterocycles. The highest BCUT2D eigenvalue weighted by Crippen LogP contribution is 2.13. The lowest BCUT2D eigenvalue weighted by Crippen LogP contribution is -2.29. The second kappa shape index (κ2) is 7.37. The molecule has 0 fully saturated rings. The van der Waals surface area contributed by atoms with Crippen molar-refractivity contribution in [1.29, 1.82) is 0 Å². The number of hydrogen-bond donors (Lipinski definition) is 1. The number of amides is 1. The lowest BCUT2D eigenvalue weighted by atomic mass is 10.2. The molecular formula is C14H15F2NO3. The van der Waals surface area contributed by atoms with Gasteiger partial charge in [-0.05, 0) is 25.5 Å². The van der Waals surface area contributed by atoms with Gasteiger partial charge in [0.25, 0.3) is 5.91 Å². The van der Waals surface area contributed by atoms with Gasteiger partial charge in [-0.3, -0.25) is 4.79 Å². The van der Waals surface area contributed by atoms with Crippen molar-refractivity contribution in [3.05, 3.63) is 42.0 Å². The van der Waals surface area contributed by atoms with Crippen molar-refractivity contribution in [2.24, 2.45) is 0 Å². The van der Waals surface area contributed by atoms with Crippen LogP contribution >= 0.6 is 0 Å². The fourth-order valence-electron chi connectivity index (χ4n) is 1.30. The van der Waals surface area contributed by atoms with Crippen LogP contribution in [0.1, 0.15) is 20.3 Å². The maximum atomic E-state index is 13.0. The van der Waals surface area contributed by atoms with Gasteiger partial charge in [-0.15, -0.1) is 0 Å². The van der Waals surface area contributed by atoms with Gasteiger partial charge in [0.15, 0.2) is 17.7 Å². The lowest BCUT2D eigenvalue weighted by molar-refractivity contribution is -0.148. The number of esters is 1. The van der Waals surface area contributed by atoms with Crippen LogP contribution in [-0.2, 0) is 14.3 Å². The number of carbonyl (C=O) groups is 2. The summed E-state index contributed by atoms with van der Waals surface area (Å²) in [6.45, 7) is 3.23. The second-order valence-corrected chi connectivity index (χ2v) is 4.01. The van der Waals surface area contributed by atoms with Crippen molar-refractivity contribution in [2.75, 3.05) is 5.32 Å². The van der Waals surface area contributed by atoms with Crippen LogP contribution in [0.2, 0.25) is 0 Å². The van der Waals surface area contributed by atoms with Crippen LogP contribution in [0, 0.1) is 11.6 Å². The Balaban J connectivity index is 2.59. The molecule has 4 nitrogen and oxygen atoms in total. The van der Waals surface area contributed by atoms with E-state index in [2.05, 4.69) is 5.32 Å². The average molecular weight is 283 g/mol. The van der Waals surface area contributed by atoms with E-state index in [1.54, 1.807) is 6.08 Å². The van der Waals surface area contributed by atoms with Gasteiger partial charge in [0.1, 0.15) is 0 Å². The Bertz CT molecular complexity index is 529. The molecule has 0 aliphatic heterocycles. The summed E-state index contributed by atoms with van der Waals surface area (Å²) in [7, 11) is 0. The Morgan fingerprint density at radius 2 is 2.05 bits per heavy atom. The molecule has 0 saturated carbocycles. The van der Waals surface area contributed by atoms with Crippen LogP contribution in [0.3, 0.4) is 0 Å². The van der Waals surface area contributed by atoms with Gasteiger partial charge < -0.3 is 10.1 Å². The van der Waals surface area contributed by atoms with Crippen LogP contribution < -0.4 is 5.32 Å². The molecule has 0 unspecified atom stereocenters. The second-order valence-electron chi connectivity index (χ2n) is 4.01. The Morgan fingerprint density at radius 3 is 2.65 bits per heavy atom. The number of allylic oxidation sites excluding steroid dienone is 1. The summed E-state index contributed by atoms with van der Waals surface area (Å²) in [4.78, 5) is 23.0. The number of anilines is 1. The zero-order chi connectivity index (χ0) is 15.1. The smallest absolute Gasteiger partial charge is 0.331 e. The molecule has 1 aromatic rings. The topological polar surface area (TPSA) is 55.4 Å². The standard InChI is InChI=1S/C14H15F2NO3/c1-3-4-5-13(18)20-9(2)14(19)17-10-6-7-11(15)12(16)8-10/h4-9H,3H2,1-2H3,(H,17,19)/b5-4+/t9-/m0/s1. The van der Waals surface area contributed by atoms with Crippen LogP contribution in [0.15, 0.2) is 30.4 Å². The molecular weight excluding hydrogens is 268 g/mol. The molecule has 0 spiro atoms. The molecule has 6 heteroatoms. The molecule has 1 rings (SSSR count). The van der Waals surface area contributed by atoms with Crippen molar-refractivity contribution in [3.8, 4) is 0 Å². The SMILES string of the molecule is CC/C=C/C(=O)O[C@@H](C)C(=O)Nc1ccc(F)c(F)c1. The van der Waals surface area contributed by atoms with Crippen LogP contribution in [0.25, 0.3) is 0 Å². The van der Waals surface area contributed by atoms with E-state index in [-0.39, 0.29) is 5.69 Å². The van der Waals surface area contributed by atoms with E-state index in [9.17, 15) is 18.4 Å². The number of carbonyl (C=O) groups excluding carboxylic acids is 2. The van der Waals surface area contributed by atoms with Gasteiger partial charge in [-0.25, -0.2) is 13.6 Å². The number of rotatable bonds is 5. The Hall–Kier alpha value is -2.24. The third-order valence-corrected chi connectivity index (χ3v) is 2.34. The molecule has 0 aromatic heterocycles. The van der Waals surface area contributed by atoms with E-state index in [0.717, 1.165) is 12.1 Å².